The molecule has 0 aliphatic carbocycles. The number of nitrogens with one attached hydrogen (secondary N) is 1. The molecule has 20 heavy (non-hydrogen) atoms. The maximum atomic E-state index is 12.9. The van der Waals surface area contributed by atoms with Crippen LogP contribution in [0.3, 0.4) is 0 Å². The number of nitrogen functional groups attached to an aromatic ring is 1. The summed E-state index contributed by atoms with van der Waals surface area (Å²) >= 11 is 0. The summed E-state index contributed by atoms with van der Waals surface area (Å²) < 4.78 is 44.3. The Labute approximate surface area is 115 Å². The summed E-state index contributed by atoms with van der Waals surface area (Å²) in [5, 5.41) is 2.81. The van der Waals surface area contributed by atoms with Gasteiger partial charge in [0.25, 0.3) is 0 Å². The standard InChI is InChI=1S/C13H18F3N3O/c1-19-4-5-20-10(8-19)7-18-12-3-2-9(17)6-11(12)13(14,15)16/h2-3,6,10,18H,4-5,7-8,17H2,1H3. The van der Waals surface area contributed by atoms with Crippen molar-refractivity contribution in [2.45, 2.75) is 12.3 Å². The molecule has 0 saturated carbocycles. The SMILES string of the molecule is CN1CCOC(CNc2ccc(N)cc2C(F)(F)F)C1. The van der Waals surface area contributed by atoms with E-state index in [4.69, 9.17) is 10.5 Å². The third kappa shape index (κ3) is 3.77. The zero-order valence-corrected chi connectivity index (χ0v) is 11.2. The van der Waals surface area contributed by atoms with Crippen molar-refractivity contribution in [3.8, 4) is 0 Å². The Kier molecular flexibility index (Phi) is 4.39. The zero-order chi connectivity index (χ0) is 14.8. The maximum Gasteiger partial charge on any atom is 0.418 e. The van der Waals surface area contributed by atoms with E-state index in [1.54, 1.807) is 0 Å². The van der Waals surface area contributed by atoms with Crippen LogP contribution in [0.5, 0.6) is 0 Å². The normalized spacial score (nSPS) is 20.9. The van der Waals surface area contributed by atoms with E-state index in [0.717, 1.165) is 12.6 Å². The number of halogens is 3. The van der Waals surface area contributed by atoms with Crippen LogP contribution in [0.15, 0.2) is 18.2 Å². The van der Waals surface area contributed by atoms with Gasteiger partial charge in [0.2, 0.25) is 0 Å². The molecule has 112 valence electrons. The quantitative estimate of drug-likeness (QED) is 0.836. The summed E-state index contributed by atoms with van der Waals surface area (Å²) in [6.45, 7) is 2.46. The van der Waals surface area contributed by atoms with Gasteiger partial charge in [-0.2, -0.15) is 13.2 Å². The van der Waals surface area contributed by atoms with Crippen molar-refractivity contribution in [3.63, 3.8) is 0 Å². The van der Waals surface area contributed by atoms with E-state index in [0.29, 0.717) is 19.7 Å². The van der Waals surface area contributed by atoms with Crippen molar-refractivity contribution in [1.29, 1.82) is 0 Å². The van der Waals surface area contributed by atoms with Crippen molar-refractivity contribution in [2.75, 3.05) is 44.3 Å². The number of ether oxygens (including phenoxy) is 1. The lowest BCUT2D eigenvalue weighted by Crippen LogP contribution is -2.43. The van der Waals surface area contributed by atoms with E-state index >= 15 is 0 Å². The third-order valence-corrected chi connectivity index (χ3v) is 3.21. The Morgan fingerprint density at radius 3 is 2.85 bits per heavy atom. The number of hydrogen-bond acceptors (Lipinski definition) is 4. The first-order chi connectivity index (χ1) is 9.36. The monoisotopic (exact) mass is 289 g/mol. The van der Waals surface area contributed by atoms with E-state index in [1.165, 1.54) is 12.1 Å². The predicted molar refractivity (Wildman–Crippen MR) is 71.6 cm³/mol. The molecule has 1 aromatic rings. The third-order valence-electron chi connectivity index (χ3n) is 3.21. The van der Waals surface area contributed by atoms with Crippen LogP contribution in [0.1, 0.15) is 5.56 Å². The fraction of sp³-hybridized carbons (Fsp3) is 0.538. The molecule has 0 spiro atoms. The summed E-state index contributed by atoms with van der Waals surface area (Å²) in [7, 11) is 1.96. The Balaban J connectivity index is 2.05. The second-order valence-corrected chi connectivity index (χ2v) is 4.94. The Morgan fingerprint density at radius 1 is 1.45 bits per heavy atom. The van der Waals surface area contributed by atoms with Crippen molar-refractivity contribution >= 4 is 11.4 Å². The molecule has 1 saturated heterocycles. The molecule has 3 N–H and O–H groups in total. The van der Waals surface area contributed by atoms with Gasteiger partial charge in [0.15, 0.2) is 0 Å². The van der Waals surface area contributed by atoms with Crippen molar-refractivity contribution in [3.05, 3.63) is 23.8 Å². The molecular formula is C13H18F3N3O. The van der Waals surface area contributed by atoms with Crippen LogP contribution in [0.25, 0.3) is 0 Å². The number of morpholine rings is 1. The van der Waals surface area contributed by atoms with E-state index in [1.807, 2.05) is 7.05 Å². The molecule has 0 bridgehead atoms. The van der Waals surface area contributed by atoms with Gasteiger partial charge in [-0.1, -0.05) is 0 Å². The number of alkyl halides is 3. The molecule has 1 heterocycles. The minimum atomic E-state index is -4.43. The topological polar surface area (TPSA) is 50.5 Å². The number of benzene rings is 1. The lowest BCUT2D eigenvalue weighted by molar-refractivity contribution is -0.136. The maximum absolute atomic E-state index is 12.9. The summed E-state index contributed by atoms with van der Waals surface area (Å²) in [4.78, 5) is 2.09. The highest BCUT2D eigenvalue weighted by Crippen LogP contribution is 2.36. The van der Waals surface area contributed by atoms with Gasteiger partial charge < -0.3 is 20.7 Å². The van der Waals surface area contributed by atoms with Gasteiger partial charge >= 0.3 is 6.18 Å². The Hall–Kier alpha value is -1.47. The number of likely N-dealkylation sites (N-methyl/N-ethyl adjacent to an activating group) is 1. The summed E-state index contributed by atoms with van der Waals surface area (Å²) in [6.07, 6.45) is -4.55. The van der Waals surface area contributed by atoms with Gasteiger partial charge in [0, 0.05) is 31.0 Å². The zero-order valence-electron chi connectivity index (χ0n) is 11.2. The number of anilines is 2. The molecule has 4 nitrogen and oxygen atoms in total. The number of nitrogens with zero attached hydrogens (tertiary/aromatic N) is 1. The highest BCUT2D eigenvalue weighted by atomic mass is 19.4. The largest absolute Gasteiger partial charge is 0.418 e. The van der Waals surface area contributed by atoms with Crippen LogP contribution in [0.2, 0.25) is 0 Å². The minimum Gasteiger partial charge on any atom is -0.399 e. The van der Waals surface area contributed by atoms with Crippen LogP contribution < -0.4 is 11.1 Å². The van der Waals surface area contributed by atoms with E-state index in [9.17, 15) is 13.2 Å². The van der Waals surface area contributed by atoms with Crippen molar-refractivity contribution in [2.24, 2.45) is 0 Å². The fourth-order valence-corrected chi connectivity index (χ4v) is 2.16. The fourth-order valence-electron chi connectivity index (χ4n) is 2.16. The Morgan fingerprint density at radius 2 is 2.20 bits per heavy atom. The second-order valence-electron chi connectivity index (χ2n) is 4.94. The lowest BCUT2D eigenvalue weighted by Gasteiger charge is -2.30. The van der Waals surface area contributed by atoms with Crippen LogP contribution in [0.4, 0.5) is 24.5 Å². The number of rotatable bonds is 3. The van der Waals surface area contributed by atoms with Gasteiger partial charge in [-0.3, -0.25) is 0 Å². The van der Waals surface area contributed by atoms with E-state index in [2.05, 4.69) is 10.2 Å². The van der Waals surface area contributed by atoms with Crippen LogP contribution in [-0.4, -0.2) is 44.3 Å². The van der Waals surface area contributed by atoms with Crippen LogP contribution in [0, 0.1) is 0 Å². The molecule has 0 amide bonds. The van der Waals surface area contributed by atoms with Gasteiger partial charge in [0.05, 0.1) is 18.3 Å². The molecule has 1 fully saturated rings. The lowest BCUT2D eigenvalue weighted by atomic mass is 10.1. The molecule has 0 radical (unpaired) electrons. The first-order valence-electron chi connectivity index (χ1n) is 6.37. The van der Waals surface area contributed by atoms with Crippen molar-refractivity contribution in [1.82, 2.24) is 4.90 Å². The molecule has 1 aliphatic rings. The first-order valence-corrected chi connectivity index (χ1v) is 6.37. The molecule has 1 unspecified atom stereocenters. The van der Waals surface area contributed by atoms with Crippen LogP contribution in [-0.2, 0) is 10.9 Å². The summed E-state index contributed by atoms with van der Waals surface area (Å²) in [5.41, 5.74) is 4.80. The Bertz CT molecular complexity index is 465. The van der Waals surface area contributed by atoms with Gasteiger partial charge in [0.1, 0.15) is 0 Å². The molecule has 2 rings (SSSR count). The van der Waals surface area contributed by atoms with Gasteiger partial charge in [-0.25, -0.2) is 0 Å². The molecule has 0 aromatic heterocycles. The predicted octanol–water partition coefficient (Wildman–Crippen LogP) is 2.03. The summed E-state index contributed by atoms with van der Waals surface area (Å²) in [6, 6.07) is 3.74. The average Bonchev–Trinajstić information content (AvgIpc) is 2.36. The summed E-state index contributed by atoms with van der Waals surface area (Å²) in [5.74, 6) is 0. The van der Waals surface area contributed by atoms with Crippen molar-refractivity contribution < 1.29 is 17.9 Å². The van der Waals surface area contributed by atoms with Gasteiger partial charge in [-0.15, -0.1) is 0 Å². The number of hydrogen-bond donors (Lipinski definition) is 2. The molecular weight excluding hydrogens is 271 g/mol. The van der Waals surface area contributed by atoms with E-state index < -0.39 is 11.7 Å². The van der Waals surface area contributed by atoms with Crippen LogP contribution >= 0.6 is 0 Å². The highest BCUT2D eigenvalue weighted by Gasteiger charge is 2.34. The highest BCUT2D eigenvalue weighted by molar-refractivity contribution is 5.59. The molecule has 1 aliphatic heterocycles. The average molecular weight is 289 g/mol. The minimum absolute atomic E-state index is 0.0310. The molecule has 1 atom stereocenters. The molecule has 1 aromatic carbocycles. The first kappa shape index (κ1) is 14.9. The molecule has 7 heteroatoms. The van der Waals surface area contributed by atoms with Gasteiger partial charge in [-0.05, 0) is 25.2 Å². The number of nitrogens with two attached hydrogens (primary N) is 1. The smallest absolute Gasteiger partial charge is 0.399 e. The second kappa shape index (κ2) is 5.88. The van der Waals surface area contributed by atoms with E-state index in [-0.39, 0.29) is 17.5 Å².